The van der Waals surface area contributed by atoms with Crippen molar-refractivity contribution >= 4 is 31.9 Å². The van der Waals surface area contributed by atoms with Gasteiger partial charge in [-0.1, -0.05) is 149 Å². The predicted octanol–water partition coefficient (Wildman–Crippen LogP) is 11.4. The SMILES string of the molecule is CCCCCCCCCC[P+](O)(O)O.I.[CH2-]CCCCCCCCC.[CH2-]CCCCCCCCC.[Cu+2]. The average Bonchev–Trinajstić information content (AvgIpc) is 2.80. The third-order valence-corrected chi connectivity index (χ3v) is 6.94. The van der Waals surface area contributed by atoms with Crippen molar-refractivity contribution < 1.29 is 31.7 Å². The first-order valence-electron chi connectivity index (χ1n) is 15.0. The molecule has 3 N–H and O–H groups in total. The van der Waals surface area contributed by atoms with Crippen molar-refractivity contribution in [1.29, 1.82) is 0 Å². The molecule has 6 heteroatoms. The average molecular weight is 697 g/mol. The van der Waals surface area contributed by atoms with Gasteiger partial charge in [-0.2, -0.15) is 27.5 Å². The Labute approximate surface area is 257 Å². The molecule has 0 fully saturated rings. The minimum absolute atomic E-state index is 0. The monoisotopic (exact) mass is 696 g/mol. The molecule has 0 aromatic carbocycles. The number of rotatable bonds is 23. The van der Waals surface area contributed by atoms with Gasteiger partial charge in [0.15, 0.2) is 0 Å². The zero-order valence-corrected chi connectivity index (χ0v) is 28.8. The molecule has 0 amide bonds. The number of halogens is 1. The standard InChI is InChI=1S/C10H24O3P.2C10H21.Cu.HI/c1-2-3-4-5-6-7-8-9-10-14(11,12)13;2*1-3-5-7-9-10-8-6-4-2;;/h11-13H,2-10H2,1H3;2*1,3-10H2,2H3;;1H/q+1;2*-1;+2;. The van der Waals surface area contributed by atoms with E-state index in [9.17, 15) is 0 Å². The molecule has 0 saturated carbocycles. The molecular formula is C30H67CuIO3P+. The maximum absolute atomic E-state index is 8.71. The molecule has 0 aliphatic carbocycles. The molecule has 3 nitrogen and oxygen atoms in total. The van der Waals surface area contributed by atoms with E-state index in [1.807, 2.05) is 0 Å². The third-order valence-electron chi connectivity index (χ3n) is 6.02. The molecule has 0 spiro atoms. The van der Waals surface area contributed by atoms with Crippen LogP contribution in [-0.4, -0.2) is 20.8 Å². The van der Waals surface area contributed by atoms with Crippen LogP contribution >= 0.6 is 31.9 Å². The summed E-state index contributed by atoms with van der Waals surface area (Å²) in [5.74, 6) is 0. The van der Waals surface area contributed by atoms with Crippen LogP contribution in [0.15, 0.2) is 0 Å². The first-order valence-corrected chi connectivity index (χ1v) is 16.9. The van der Waals surface area contributed by atoms with Crippen LogP contribution in [-0.2, 0) is 17.1 Å². The second-order valence-electron chi connectivity index (χ2n) is 9.84. The molecule has 0 aromatic rings. The topological polar surface area (TPSA) is 60.7 Å². The Morgan fingerprint density at radius 2 is 0.639 bits per heavy atom. The predicted molar refractivity (Wildman–Crippen MR) is 172 cm³/mol. The maximum Gasteiger partial charge on any atom is 2.00 e. The fourth-order valence-electron chi connectivity index (χ4n) is 3.73. The van der Waals surface area contributed by atoms with E-state index in [1.54, 1.807) is 0 Å². The minimum atomic E-state index is -3.48. The van der Waals surface area contributed by atoms with Crippen LogP contribution in [0.2, 0.25) is 0 Å². The number of hydrogen-bond donors (Lipinski definition) is 3. The van der Waals surface area contributed by atoms with E-state index in [1.165, 1.54) is 122 Å². The van der Waals surface area contributed by atoms with Gasteiger partial charge in [0.2, 0.25) is 0 Å². The van der Waals surface area contributed by atoms with E-state index in [0.717, 1.165) is 32.1 Å². The summed E-state index contributed by atoms with van der Waals surface area (Å²) >= 11 is 0. The van der Waals surface area contributed by atoms with Gasteiger partial charge in [0, 0.05) is 0 Å². The largest absolute Gasteiger partial charge is 2.00 e. The first kappa shape index (κ1) is 47.4. The zero-order valence-electron chi connectivity index (χ0n) is 24.6. The van der Waals surface area contributed by atoms with Crippen molar-refractivity contribution in [2.45, 2.75) is 175 Å². The van der Waals surface area contributed by atoms with Gasteiger partial charge in [-0.05, 0) is 12.8 Å². The molecule has 1 radical (unpaired) electrons. The quantitative estimate of drug-likeness (QED) is 0.0328. The van der Waals surface area contributed by atoms with Gasteiger partial charge in [0.05, 0.1) is 0 Å². The van der Waals surface area contributed by atoms with Crippen molar-refractivity contribution in [2.75, 3.05) is 6.16 Å². The van der Waals surface area contributed by atoms with Gasteiger partial charge < -0.3 is 13.8 Å². The van der Waals surface area contributed by atoms with Crippen LogP contribution in [0.3, 0.4) is 0 Å². The van der Waals surface area contributed by atoms with Crippen LogP contribution in [0.1, 0.15) is 175 Å². The molecule has 227 valence electrons. The van der Waals surface area contributed by atoms with E-state index in [-0.39, 0.29) is 47.2 Å². The van der Waals surface area contributed by atoms with Crippen molar-refractivity contribution in [2.24, 2.45) is 0 Å². The Kier molecular flexibility index (Phi) is 57.4. The molecule has 0 aliphatic rings. The molecule has 0 rings (SSSR count). The maximum atomic E-state index is 8.71. The Morgan fingerprint density at radius 3 is 0.861 bits per heavy atom. The zero-order chi connectivity index (χ0) is 26.2. The summed E-state index contributed by atoms with van der Waals surface area (Å²) in [4.78, 5) is 26.1. The Bertz CT molecular complexity index is 300. The van der Waals surface area contributed by atoms with E-state index in [0.29, 0.717) is 0 Å². The second kappa shape index (κ2) is 43.6. The molecule has 0 saturated heterocycles. The first-order chi connectivity index (χ1) is 16.4. The smallest absolute Gasteiger partial charge is 0.343 e. The normalized spacial score (nSPS) is 10.3. The summed E-state index contributed by atoms with van der Waals surface area (Å²) < 4.78 is 0. The van der Waals surface area contributed by atoms with Gasteiger partial charge in [-0.15, -0.1) is 24.0 Å². The number of hydrogen-bond acceptors (Lipinski definition) is 3. The summed E-state index contributed by atoms with van der Waals surface area (Å²) in [5.41, 5.74) is 0. The third kappa shape index (κ3) is 60.2. The van der Waals surface area contributed by atoms with Crippen LogP contribution in [0, 0.1) is 13.8 Å². The summed E-state index contributed by atoms with van der Waals surface area (Å²) in [7, 11) is -3.48. The van der Waals surface area contributed by atoms with Gasteiger partial charge in [-0.25, -0.2) is 0 Å². The van der Waals surface area contributed by atoms with Crippen molar-refractivity contribution in [3.05, 3.63) is 13.8 Å². The summed E-state index contributed by atoms with van der Waals surface area (Å²) in [6.45, 7) is 14.4. The Balaban J connectivity index is -0.000000133. The van der Waals surface area contributed by atoms with Crippen molar-refractivity contribution in [3.63, 3.8) is 0 Å². The van der Waals surface area contributed by atoms with Crippen LogP contribution in [0.4, 0.5) is 0 Å². The summed E-state index contributed by atoms with van der Waals surface area (Å²) in [5, 5.41) is 0. The van der Waals surface area contributed by atoms with E-state index in [4.69, 9.17) is 14.7 Å². The van der Waals surface area contributed by atoms with Gasteiger partial charge in [0.25, 0.3) is 0 Å². The van der Waals surface area contributed by atoms with Crippen LogP contribution in [0.5, 0.6) is 0 Å². The minimum Gasteiger partial charge on any atom is -0.343 e. The van der Waals surface area contributed by atoms with Gasteiger partial charge >= 0.3 is 25.0 Å². The fourth-order valence-corrected chi connectivity index (χ4v) is 4.37. The Hall–Kier alpha value is 1.56. The summed E-state index contributed by atoms with van der Waals surface area (Å²) in [6.07, 6.45) is 31.3. The Morgan fingerprint density at radius 1 is 0.417 bits per heavy atom. The van der Waals surface area contributed by atoms with E-state index < -0.39 is 7.94 Å². The van der Waals surface area contributed by atoms with Crippen molar-refractivity contribution in [3.8, 4) is 0 Å². The van der Waals surface area contributed by atoms with E-state index >= 15 is 0 Å². The second-order valence-corrected chi connectivity index (χ2v) is 11.7. The van der Waals surface area contributed by atoms with E-state index in [2.05, 4.69) is 34.6 Å². The van der Waals surface area contributed by atoms with Gasteiger partial charge in [-0.3, -0.25) is 0 Å². The van der Waals surface area contributed by atoms with Crippen molar-refractivity contribution in [1.82, 2.24) is 0 Å². The van der Waals surface area contributed by atoms with Crippen LogP contribution in [0.25, 0.3) is 0 Å². The molecular weight excluding hydrogens is 630 g/mol. The molecule has 36 heavy (non-hydrogen) atoms. The fraction of sp³-hybridized carbons (Fsp3) is 0.933. The molecule has 0 heterocycles. The summed E-state index contributed by atoms with van der Waals surface area (Å²) in [6, 6.07) is 0. The van der Waals surface area contributed by atoms with Crippen LogP contribution < -0.4 is 0 Å². The van der Waals surface area contributed by atoms with Gasteiger partial charge in [0.1, 0.15) is 6.16 Å². The molecule has 0 aliphatic heterocycles. The molecule has 0 unspecified atom stereocenters. The molecule has 0 bridgehead atoms. The molecule has 0 aromatic heterocycles. The molecule has 0 atom stereocenters. The number of unbranched alkanes of at least 4 members (excludes halogenated alkanes) is 21.